The van der Waals surface area contributed by atoms with Gasteiger partial charge in [-0.2, -0.15) is 0 Å². The van der Waals surface area contributed by atoms with Crippen molar-refractivity contribution in [2.45, 2.75) is 40.2 Å². The lowest BCUT2D eigenvalue weighted by Crippen LogP contribution is -2.28. The number of carboxylic acid groups (broad SMARTS) is 1. The zero-order valence-electron chi connectivity index (χ0n) is 12.6. The highest BCUT2D eigenvalue weighted by Crippen LogP contribution is 2.22. The average Bonchev–Trinajstić information content (AvgIpc) is 2.73. The van der Waals surface area contributed by atoms with Crippen LogP contribution in [-0.2, 0) is 6.42 Å². The summed E-state index contributed by atoms with van der Waals surface area (Å²) in [6.45, 7) is 7.36. The van der Waals surface area contributed by atoms with Crippen molar-refractivity contribution in [3.63, 3.8) is 0 Å². The molecule has 0 aromatic carbocycles. The molecule has 0 radical (unpaired) electrons. The standard InChI is InChI=1S/C16H19NO3S/c1-9-7-14(18)17(12(4)15(9)16(19)20)10(2)8-13-6-5-11(3)21-13/h5-7,10H,8H2,1-4H3,(H,19,20). The van der Waals surface area contributed by atoms with E-state index >= 15 is 0 Å². The third-order valence-corrected chi connectivity index (χ3v) is 4.67. The Morgan fingerprint density at radius 2 is 2.00 bits per heavy atom. The first-order valence-electron chi connectivity index (χ1n) is 6.82. The van der Waals surface area contributed by atoms with E-state index in [0.29, 0.717) is 11.3 Å². The van der Waals surface area contributed by atoms with E-state index in [-0.39, 0.29) is 17.2 Å². The Hall–Kier alpha value is -1.88. The van der Waals surface area contributed by atoms with Gasteiger partial charge in [0.2, 0.25) is 0 Å². The zero-order chi connectivity index (χ0) is 15.7. The molecule has 2 rings (SSSR count). The van der Waals surface area contributed by atoms with Gasteiger partial charge in [0.05, 0.1) is 5.56 Å². The van der Waals surface area contributed by atoms with Crippen LogP contribution in [0.3, 0.4) is 0 Å². The molecular weight excluding hydrogens is 286 g/mol. The van der Waals surface area contributed by atoms with Gasteiger partial charge in [-0.05, 0) is 45.4 Å². The van der Waals surface area contributed by atoms with E-state index in [1.54, 1.807) is 29.8 Å². The third kappa shape index (κ3) is 3.08. The highest BCUT2D eigenvalue weighted by atomic mass is 32.1. The van der Waals surface area contributed by atoms with Gasteiger partial charge in [0.15, 0.2) is 0 Å². The van der Waals surface area contributed by atoms with Gasteiger partial charge in [0.25, 0.3) is 5.56 Å². The summed E-state index contributed by atoms with van der Waals surface area (Å²) in [6.07, 6.45) is 0.724. The minimum atomic E-state index is -0.988. The normalized spacial score (nSPS) is 12.4. The van der Waals surface area contributed by atoms with Gasteiger partial charge in [-0.3, -0.25) is 4.79 Å². The van der Waals surface area contributed by atoms with Crippen LogP contribution in [0.4, 0.5) is 0 Å². The van der Waals surface area contributed by atoms with Crippen LogP contribution in [-0.4, -0.2) is 15.6 Å². The van der Waals surface area contributed by atoms with Crippen molar-refractivity contribution in [2.75, 3.05) is 0 Å². The van der Waals surface area contributed by atoms with Crippen molar-refractivity contribution in [1.29, 1.82) is 0 Å². The van der Waals surface area contributed by atoms with E-state index in [9.17, 15) is 14.7 Å². The van der Waals surface area contributed by atoms with Crippen LogP contribution in [0.15, 0.2) is 23.0 Å². The molecule has 2 aromatic rings. The lowest BCUT2D eigenvalue weighted by molar-refractivity contribution is 0.0694. The summed E-state index contributed by atoms with van der Waals surface area (Å²) in [5, 5.41) is 9.32. The van der Waals surface area contributed by atoms with Crippen LogP contribution in [0.25, 0.3) is 0 Å². The fraction of sp³-hybridized carbons (Fsp3) is 0.375. The molecule has 5 heteroatoms. The van der Waals surface area contributed by atoms with Gasteiger partial charge >= 0.3 is 5.97 Å². The topological polar surface area (TPSA) is 59.3 Å². The lowest BCUT2D eigenvalue weighted by Gasteiger charge is -2.20. The largest absolute Gasteiger partial charge is 0.478 e. The van der Waals surface area contributed by atoms with Crippen molar-refractivity contribution in [2.24, 2.45) is 0 Å². The van der Waals surface area contributed by atoms with Gasteiger partial charge in [-0.15, -0.1) is 11.3 Å². The number of carboxylic acids is 1. The number of hydrogen-bond donors (Lipinski definition) is 1. The van der Waals surface area contributed by atoms with Crippen LogP contribution in [0.2, 0.25) is 0 Å². The summed E-state index contributed by atoms with van der Waals surface area (Å²) in [7, 11) is 0. The first kappa shape index (κ1) is 15.5. The molecule has 0 spiro atoms. The predicted octanol–water partition coefficient (Wildman–Crippen LogP) is 3.34. The molecule has 1 unspecified atom stereocenters. The summed E-state index contributed by atoms with van der Waals surface area (Å²) in [6, 6.07) is 5.45. The lowest BCUT2D eigenvalue weighted by atomic mass is 10.1. The second-order valence-corrected chi connectivity index (χ2v) is 6.74. The quantitative estimate of drug-likeness (QED) is 0.942. The maximum absolute atomic E-state index is 12.2. The second-order valence-electron chi connectivity index (χ2n) is 5.37. The smallest absolute Gasteiger partial charge is 0.337 e. The molecule has 0 aliphatic rings. The fourth-order valence-electron chi connectivity index (χ4n) is 2.75. The van der Waals surface area contributed by atoms with Crippen LogP contribution in [0.5, 0.6) is 0 Å². The molecule has 21 heavy (non-hydrogen) atoms. The minimum absolute atomic E-state index is 0.0748. The van der Waals surface area contributed by atoms with Crippen LogP contribution in [0, 0.1) is 20.8 Å². The van der Waals surface area contributed by atoms with Crippen LogP contribution >= 0.6 is 11.3 Å². The molecule has 0 aliphatic heterocycles. The molecule has 0 aliphatic carbocycles. The molecule has 0 bridgehead atoms. The molecule has 0 amide bonds. The summed E-state index contributed by atoms with van der Waals surface area (Å²) < 4.78 is 1.59. The van der Waals surface area contributed by atoms with Crippen molar-refractivity contribution in [1.82, 2.24) is 4.57 Å². The Bertz CT molecular complexity index is 742. The Balaban J connectivity index is 2.45. The van der Waals surface area contributed by atoms with E-state index in [2.05, 4.69) is 12.1 Å². The van der Waals surface area contributed by atoms with Crippen LogP contribution < -0.4 is 5.56 Å². The van der Waals surface area contributed by atoms with Crippen molar-refractivity contribution in [3.8, 4) is 0 Å². The molecule has 2 aromatic heterocycles. The first-order chi connectivity index (χ1) is 9.81. The first-order valence-corrected chi connectivity index (χ1v) is 7.64. The molecule has 0 fully saturated rings. The maximum atomic E-state index is 12.2. The van der Waals surface area contributed by atoms with E-state index < -0.39 is 5.97 Å². The molecule has 4 nitrogen and oxygen atoms in total. The van der Waals surface area contributed by atoms with Gasteiger partial charge in [-0.25, -0.2) is 4.79 Å². The SMILES string of the molecule is Cc1ccc(CC(C)n2c(C)c(C(=O)O)c(C)cc2=O)s1. The monoisotopic (exact) mass is 305 g/mol. The molecule has 0 saturated heterocycles. The van der Waals surface area contributed by atoms with Crippen molar-refractivity contribution >= 4 is 17.3 Å². The Morgan fingerprint density at radius 1 is 1.33 bits per heavy atom. The molecule has 1 N–H and O–H groups in total. The highest BCUT2D eigenvalue weighted by Gasteiger charge is 2.19. The van der Waals surface area contributed by atoms with E-state index in [4.69, 9.17) is 0 Å². The maximum Gasteiger partial charge on any atom is 0.337 e. The number of rotatable bonds is 4. The van der Waals surface area contributed by atoms with Gasteiger partial charge in [-0.1, -0.05) is 0 Å². The number of hydrogen-bond acceptors (Lipinski definition) is 3. The number of pyridine rings is 1. The number of carbonyl (C=O) groups is 1. The Kier molecular flexibility index (Phi) is 4.32. The molecule has 0 saturated carbocycles. The van der Waals surface area contributed by atoms with Crippen LogP contribution in [0.1, 0.15) is 44.3 Å². The Morgan fingerprint density at radius 3 is 2.52 bits per heavy atom. The molecule has 2 heterocycles. The number of aryl methyl sites for hydroxylation is 2. The third-order valence-electron chi connectivity index (χ3n) is 3.64. The summed E-state index contributed by atoms with van der Waals surface area (Å²) in [5.74, 6) is -0.988. The Labute approximate surface area is 127 Å². The van der Waals surface area contributed by atoms with Gasteiger partial charge in [0, 0.05) is 34.0 Å². The van der Waals surface area contributed by atoms with Gasteiger partial charge in [0.1, 0.15) is 0 Å². The molecule has 112 valence electrons. The fourth-order valence-corrected chi connectivity index (χ4v) is 3.76. The van der Waals surface area contributed by atoms with Gasteiger partial charge < -0.3 is 9.67 Å². The highest BCUT2D eigenvalue weighted by molar-refractivity contribution is 7.11. The summed E-state index contributed by atoms with van der Waals surface area (Å²) >= 11 is 1.70. The van der Waals surface area contributed by atoms with Crippen molar-refractivity contribution in [3.05, 3.63) is 55.1 Å². The van der Waals surface area contributed by atoms with E-state index in [0.717, 1.165) is 6.42 Å². The predicted molar refractivity (Wildman–Crippen MR) is 84.6 cm³/mol. The number of nitrogens with zero attached hydrogens (tertiary/aromatic N) is 1. The number of aromatic carboxylic acids is 1. The summed E-state index contributed by atoms with van der Waals surface area (Å²) in [5.41, 5.74) is 1.12. The minimum Gasteiger partial charge on any atom is -0.478 e. The van der Waals surface area contributed by atoms with E-state index in [1.165, 1.54) is 15.8 Å². The second kappa shape index (κ2) is 5.85. The van der Waals surface area contributed by atoms with E-state index in [1.807, 2.05) is 13.8 Å². The average molecular weight is 305 g/mol. The number of thiophene rings is 1. The molecular formula is C16H19NO3S. The summed E-state index contributed by atoms with van der Waals surface area (Å²) in [4.78, 5) is 26.1. The number of aromatic nitrogens is 1. The molecule has 1 atom stereocenters. The van der Waals surface area contributed by atoms with Crippen molar-refractivity contribution < 1.29 is 9.90 Å². The zero-order valence-corrected chi connectivity index (χ0v) is 13.5.